The highest BCUT2D eigenvalue weighted by Crippen LogP contribution is 2.18. The summed E-state index contributed by atoms with van der Waals surface area (Å²) in [6, 6.07) is 9.53. The molecule has 24 heavy (non-hydrogen) atoms. The predicted molar refractivity (Wildman–Crippen MR) is 98.6 cm³/mol. The van der Waals surface area contributed by atoms with E-state index in [9.17, 15) is 4.79 Å². The number of rotatable bonds is 3. The first-order valence-corrected chi connectivity index (χ1v) is 9.09. The summed E-state index contributed by atoms with van der Waals surface area (Å²) in [5.74, 6) is 0.455. The number of benzene rings is 1. The van der Waals surface area contributed by atoms with Crippen LogP contribution in [0.5, 0.6) is 0 Å². The average molecular weight is 389 g/mol. The topological polar surface area (TPSA) is 58.1 Å². The van der Waals surface area contributed by atoms with Crippen LogP contribution in [-0.2, 0) is 0 Å². The van der Waals surface area contributed by atoms with E-state index in [-0.39, 0.29) is 5.91 Å². The average Bonchev–Trinajstić information content (AvgIpc) is 2.85. The van der Waals surface area contributed by atoms with Crippen LogP contribution in [0.1, 0.15) is 41.9 Å². The van der Waals surface area contributed by atoms with Gasteiger partial charge in [0.05, 0.1) is 0 Å². The van der Waals surface area contributed by atoms with Crippen LogP contribution in [0.25, 0.3) is 0 Å². The second kappa shape index (κ2) is 7.75. The van der Waals surface area contributed by atoms with Crippen LogP contribution in [0, 0.1) is 6.92 Å². The van der Waals surface area contributed by atoms with Gasteiger partial charge in [-0.15, -0.1) is 0 Å². The third-order valence-electron chi connectivity index (χ3n) is 4.07. The summed E-state index contributed by atoms with van der Waals surface area (Å²) in [5.41, 5.74) is 2.13. The summed E-state index contributed by atoms with van der Waals surface area (Å²) in [5, 5.41) is 3.17. The van der Waals surface area contributed by atoms with Gasteiger partial charge in [0.15, 0.2) is 0 Å². The zero-order chi connectivity index (χ0) is 16.9. The summed E-state index contributed by atoms with van der Waals surface area (Å²) >= 11 is 3.41. The van der Waals surface area contributed by atoms with Crippen molar-refractivity contribution in [1.29, 1.82) is 0 Å². The number of hydrogen-bond donors (Lipinski definition) is 1. The van der Waals surface area contributed by atoms with Crippen molar-refractivity contribution in [2.75, 3.05) is 18.4 Å². The minimum Gasteiger partial charge on any atom is -0.337 e. The molecule has 6 heteroatoms. The molecule has 0 bridgehead atoms. The monoisotopic (exact) mass is 388 g/mol. The molecule has 1 aromatic heterocycles. The van der Waals surface area contributed by atoms with Gasteiger partial charge >= 0.3 is 0 Å². The quantitative estimate of drug-likeness (QED) is 0.850. The molecule has 1 aliphatic heterocycles. The minimum absolute atomic E-state index is 0.00116. The van der Waals surface area contributed by atoms with Crippen LogP contribution in [0.2, 0.25) is 0 Å². The fraction of sp³-hybridized carbons (Fsp3) is 0.389. The van der Waals surface area contributed by atoms with E-state index < -0.39 is 0 Å². The number of anilines is 2. The van der Waals surface area contributed by atoms with E-state index >= 15 is 0 Å². The van der Waals surface area contributed by atoms with Gasteiger partial charge in [0.1, 0.15) is 5.69 Å². The molecule has 126 valence electrons. The molecular weight excluding hydrogens is 368 g/mol. The summed E-state index contributed by atoms with van der Waals surface area (Å²) < 4.78 is 1.01. The third kappa shape index (κ3) is 4.32. The molecule has 5 nitrogen and oxygen atoms in total. The zero-order valence-corrected chi connectivity index (χ0v) is 15.3. The molecule has 1 aliphatic rings. The molecule has 1 amide bonds. The van der Waals surface area contributed by atoms with Gasteiger partial charge in [-0.2, -0.15) is 0 Å². The number of likely N-dealkylation sites (tertiary alicyclic amines) is 1. The first-order valence-electron chi connectivity index (χ1n) is 8.29. The molecule has 1 aromatic carbocycles. The summed E-state index contributed by atoms with van der Waals surface area (Å²) in [7, 11) is 0. The molecule has 0 unspecified atom stereocenters. The van der Waals surface area contributed by atoms with Gasteiger partial charge in [-0.3, -0.25) is 4.79 Å². The molecule has 1 fully saturated rings. The number of carbonyl (C=O) groups is 1. The number of carbonyl (C=O) groups excluding carboxylic acids is 1. The SMILES string of the molecule is Cc1cc(C(=O)N2CCCCCC2)nc(Nc2ccc(Br)cc2)n1. The number of aromatic nitrogens is 2. The normalized spacial score (nSPS) is 15.0. The molecule has 0 saturated carbocycles. The Kier molecular flexibility index (Phi) is 5.45. The molecule has 2 heterocycles. The molecule has 1 saturated heterocycles. The Morgan fingerprint density at radius 3 is 2.42 bits per heavy atom. The van der Waals surface area contributed by atoms with Crippen LogP contribution >= 0.6 is 15.9 Å². The Balaban J connectivity index is 1.80. The number of hydrogen-bond acceptors (Lipinski definition) is 4. The molecular formula is C18H21BrN4O. The molecule has 1 N–H and O–H groups in total. The van der Waals surface area contributed by atoms with Crippen LogP contribution in [0.15, 0.2) is 34.8 Å². The second-order valence-corrected chi connectivity index (χ2v) is 6.97. The van der Waals surface area contributed by atoms with Crippen molar-refractivity contribution in [2.45, 2.75) is 32.6 Å². The highest BCUT2D eigenvalue weighted by Gasteiger charge is 2.19. The van der Waals surface area contributed by atoms with E-state index in [0.717, 1.165) is 41.8 Å². The molecule has 0 spiro atoms. The van der Waals surface area contributed by atoms with Gasteiger partial charge in [-0.05, 0) is 50.1 Å². The Bertz CT molecular complexity index is 709. The fourth-order valence-electron chi connectivity index (χ4n) is 2.83. The fourth-order valence-corrected chi connectivity index (χ4v) is 3.10. The Hall–Kier alpha value is -1.95. The minimum atomic E-state index is 0.00116. The van der Waals surface area contributed by atoms with Crippen molar-refractivity contribution in [3.63, 3.8) is 0 Å². The lowest BCUT2D eigenvalue weighted by molar-refractivity contribution is 0.0755. The lowest BCUT2D eigenvalue weighted by Gasteiger charge is -2.20. The van der Waals surface area contributed by atoms with Gasteiger partial charge < -0.3 is 10.2 Å². The number of nitrogens with one attached hydrogen (secondary N) is 1. The van der Waals surface area contributed by atoms with Gasteiger partial charge in [-0.1, -0.05) is 28.8 Å². The number of aryl methyl sites for hydroxylation is 1. The van der Waals surface area contributed by atoms with Crippen molar-refractivity contribution in [3.05, 3.63) is 46.2 Å². The van der Waals surface area contributed by atoms with E-state index in [1.807, 2.05) is 36.1 Å². The van der Waals surface area contributed by atoms with E-state index in [1.165, 1.54) is 12.8 Å². The smallest absolute Gasteiger partial charge is 0.272 e. The van der Waals surface area contributed by atoms with Crippen molar-refractivity contribution in [2.24, 2.45) is 0 Å². The molecule has 0 aliphatic carbocycles. The number of halogens is 1. The van der Waals surface area contributed by atoms with Gasteiger partial charge in [0, 0.05) is 28.9 Å². The first kappa shape index (κ1) is 16.9. The largest absolute Gasteiger partial charge is 0.337 e. The molecule has 0 radical (unpaired) electrons. The molecule has 2 aromatic rings. The maximum atomic E-state index is 12.8. The highest BCUT2D eigenvalue weighted by atomic mass is 79.9. The Labute approximate surface area is 150 Å². The van der Waals surface area contributed by atoms with E-state index in [4.69, 9.17) is 0 Å². The van der Waals surface area contributed by atoms with Crippen molar-refractivity contribution >= 4 is 33.5 Å². The van der Waals surface area contributed by atoms with Gasteiger partial charge in [-0.25, -0.2) is 9.97 Å². The maximum absolute atomic E-state index is 12.8. The third-order valence-corrected chi connectivity index (χ3v) is 4.60. The van der Waals surface area contributed by atoms with Gasteiger partial charge in [0.25, 0.3) is 5.91 Å². The zero-order valence-electron chi connectivity index (χ0n) is 13.8. The summed E-state index contributed by atoms with van der Waals surface area (Å²) in [4.78, 5) is 23.5. The number of amides is 1. The predicted octanol–water partition coefficient (Wildman–Crippen LogP) is 4.31. The highest BCUT2D eigenvalue weighted by molar-refractivity contribution is 9.10. The van der Waals surface area contributed by atoms with E-state index in [0.29, 0.717) is 11.6 Å². The number of nitrogens with zero attached hydrogens (tertiary/aromatic N) is 3. The molecule has 3 rings (SSSR count). The molecule has 0 atom stereocenters. The lowest BCUT2D eigenvalue weighted by atomic mass is 10.2. The van der Waals surface area contributed by atoms with Crippen LogP contribution in [-0.4, -0.2) is 33.9 Å². The Morgan fingerprint density at radius 2 is 1.75 bits per heavy atom. The van der Waals surface area contributed by atoms with Crippen LogP contribution in [0.3, 0.4) is 0 Å². The van der Waals surface area contributed by atoms with E-state index in [1.54, 1.807) is 6.07 Å². The summed E-state index contributed by atoms with van der Waals surface area (Å²) in [6.07, 6.45) is 4.53. The van der Waals surface area contributed by atoms with Crippen molar-refractivity contribution in [1.82, 2.24) is 14.9 Å². The van der Waals surface area contributed by atoms with Crippen molar-refractivity contribution < 1.29 is 4.79 Å². The van der Waals surface area contributed by atoms with Crippen molar-refractivity contribution in [3.8, 4) is 0 Å². The van der Waals surface area contributed by atoms with Crippen LogP contribution < -0.4 is 5.32 Å². The summed E-state index contributed by atoms with van der Waals surface area (Å²) in [6.45, 7) is 3.52. The van der Waals surface area contributed by atoms with E-state index in [2.05, 4.69) is 31.2 Å². The lowest BCUT2D eigenvalue weighted by Crippen LogP contribution is -2.32. The van der Waals surface area contributed by atoms with Crippen LogP contribution in [0.4, 0.5) is 11.6 Å². The Morgan fingerprint density at radius 1 is 1.08 bits per heavy atom. The second-order valence-electron chi connectivity index (χ2n) is 6.06. The standard InChI is InChI=1S/C18H21BrN4O/c1-13-12-16(17(24)23-10-4-2-3-5-11-23)22-18(20-13)21-15-8-6-14(19)7-9-15/h6-9,12H,2-5,10-11H2,1H3,(H,20,21,22). The van der Waals surface area contributed by atoms with Gasteiger partial charge in [0.2, 0.25) is 5.95 Å². The first-order chi connectivity index (χ1) is 11.6. The maximum Gasteiger partial charge on any atom is 0.272 e.